The molecular weight excluding hydrogens is 251 g/mol. The van der Waals surface area contributed by atoms with Crippen molar-refractivity contribution in [1.29, 1.82) is 0 Å². The minimum Gasteiger partial charge on any atom is -0.310 e. The summed E-state index contributed by atoms with van der Waals surface area (Å²) in [5, 5.41) is 14.5. The summed E-state index contributed by atoms with van der Waals surface area (Å²) in [6, 6.07) is 4.75. The molecule has 0 aromatic heterocycles. The molecule has 1 aromatic rings. The van der Waals surface area contributed by atoms with E-state index in [1.807, 2.05) is 0 Å². The molecule has 1 N–H and O–H groups in total. The van der Waals surface area contributed by atoms with Crippen molar-refractivity contribution >= 4 is 29.7 Å². The Kier molecular flexibility index (Phi) is 4.53. The molecular formula is C10H12Cl2N2O2. The van der Waals surface area contributed by atoms with Crippen LogP contribution in [0.2, 0.25) is 5.02 Å². The SMILES string of the molecule is Cl.O=[N+]([O-])c1ccc(Cl)c([C@@H]2CCCN2)c1. The maximum absolute atomic E-state index is 10.6. The number of benzene rings is 1. The fourth-order valence-corrected chi connectivity index (χ4v) is 2.11. The summed E-state index contributed by atoms with van der Waals surface area (Å²) < 4.78 is 0. The third-order valence-corrected chi connectivity index (χ3v) is 2.97. The van der Waals surface area contributed by atoms with Gasteiger partial charge in [0.05, 0.1) is 4.92 Å². The maximum Gasteiger partial charge on any atom is 0.269 e. The zero-order valence-corrected chi connectivity index (χ0v) is 10.1. The molecule has 0 amide bonds. The maximum atomic E-state index is 10.6. The average Bonchev–Trinajstić information content (AvgIpc) is 2.71. The summed E-state index contributed by atoms with van der Waals surface area (Å²) >= 11 is 6.02. The van der Waals surface area contributed by atoms with E-state index >= 15 is 0 Å². The van der Waals surface area contributed by atoms with Gasteiger partial charge in [-0.05, 0) is 31.0 Å². The lowest BCUT2D eigenvalue weighted by Crippen LogP contribution is -2.13. The van der Waals surface area contributed by atoms with E-state index < -0.39 is 4.92 Å². The van der Waals surface area contributed by atoms with Crippen molar-refractivity contribution in [2.24, 2.45) is 0 Å². The highest BCUT2D eigenvalue weighted by Crippen LogP contribution is 2.31. The summed E-state index contributed by atoms with van der Waals surface area (Å²) in [7, 11) is 0. The predicted molar refractivity (Wildman–Crippen MR) is 65.3 cm³/mol. The number of nitro benzene ring substituents is 1. The second-order valence-corrected chi connectivity index (χ2v) is 4.02. The minimum absolute atomic E-state index is 0. The number of hydrogen-bond donors (Lipinski definition) is 1. The Morgan fingerprint density at radius 2 is 2.25 bits per heavy atom. The molecule has 88 valence electrons. The first-order chi connectivity index (χ1) is 7.18. The molecule has 1 atom stereocenters. The molecule has 1 aliphatic heterocycles. The first kappa shape index (κ1) is 13.2. The van der Waals surface area contributed by atoms with E-state index in [1.165, 1.54) is 6.07 Å². The highest BCUT2D eigenvalue weighted by molar-refractivity contribution is 6.31. The molecule has 16 heavy (non-hydrogen) atoms. The van der Waals surface area contributed by atoms with E-state index in [0.717, 1.165) is 24.9 Å². The van der Waals surface area contributed by atoms with Crippen molar-refractivity contribution in [2.45, 2.75) is 18.9 Å². The molecule has 0 saturated carbocycles. The largest absolute Gasteiger partial charge is 0.310 e. The van der Waals surface area contributed by atoms with E-state index in [2.05, 4.69) is 5.32 Å². The van der Waals surface area contributed by atoms with Gasteiger partial charge in [0.25, 0.3) is 5.69 Å². The van der Waals surface area contributed by atoms with Crippen LogP contribution in [0.5, 0.6) is 0 Å². The molecule has 2 rings (SSSR count). The molecule has 4 nitrogen and oxygen atoms in total. The summed E-state index contributed by atoms with van der Waals surface area (Å²) in [6.45, 7) is 0.948. The van der Waals surface area contributed by atoms with Gasteiger partial charge in [0.1, 0.15) is 0 Å². The van der Waals surface area contributed by atoms with Crippen molar-refractivity contribution in [3.05, 3.63) is 38.9 Å². The first-order valence-corrected chi connectivity index (χ1v) is 5.23. The average molecular weight is 263 g/mol. The lowest BCUT2D eigenvalue weighted by Gasteiger charge is -2.11. The Balaban J connectivity index is 0.00000128. The van der Waals surface area contributed by atoms with Gasteiger partial charge >= 0.3 is 0 Å². The third kappa shape index (κ3) is 2.64. The number of nitro groups is 1. The second-order valence-electron chi connectivity index (χ2n) is 3.61. The van der Waals surface area contributed by atoms with Crippen LogP contribution in [0.15, 0.2) is 18.2 Å². The van der Waals surface area contributed by atoms with Gasteiger partial charge in [-0.1, -0.05) is 11.6 Å². The van der Waals surface area contributed by atoms with Crippen LogP contribution in [0.4, 0.5) is 5.69 Å². The van der Waals surface area contributed by atoms with Crippen LogP contribution in [0.1, 0.15) is 24.4 Å². The van der Waals surface area contributed by atoms with Crippen molar-refractivity contribution in [1.82, 2.24) is 5.32 Å². The normalized spacial score (nSPS) is 19.2. The van der Waals surface area contributed by atoms with Crippen LogP contribution in [0, 0.1) is 10.1 Å². The lowest BCUT2D eigenvalue weighted by atomic mass is 10.0. The smallest absolute Gasteiger partial charge is 0.269 e. The predicted octanol–water partition coefficient (Wildman–Crippen LogP) is 3.09. The summed E-state index contributed by atoms with van der Waals surface area (Å²) in [4.78, 5) is 10.2. The van der Waals surface area contributed by atoms with E-state index in [4.69, 9.17) is 11.6 Å². The Hall–Kier alpha value is -0.840. The van der Waals surface area contributed by atoms with Crippen LogP contribution < -0.4 is 5.32 Å². The number of nitrogens with zero attached hydrogens (tertiary/aromatic N) is 1. The second kappa shape index (κ2) is 5.48. The summed E-state index contributed by atoms with van der Waals surface area (Å²) in [5.41, 5.74) is 0.937. The van der Waals surface area contributed by atoms with E-state index in [-0.39, 0.29) is 24.1 Å². The third-order valence-electron chi connectivity index (χ3n) is 2.63. The molecule has 6 heteroatoms. The van der Waals surface area contributed by atoms with E-state index in [0.29, 0.717) is 5.02 Å². The van der Waals surface area contributed by atoms with Crippen molar-refractivity contribution < 1.29 is 4.92 Å². The Morgan fingerprint density at radius 3 is 2.81 bits per heavy atom. The highest BCUT2D eigenvalue weighted by Gasteiger charge is 2.21. The van der Waals surface area contributed by atoms with Crippen LogP contribution >= 0.6 is 24.0 Å². The van der Waals surface area contributed by atoms with Gasteiger partial charge in [0.15, 0.2) is 0 Å². The molecule has 1 heterocycles. The molecule has 0 unspecified atom stereocenters. The van der Waals surface area contributed by atoms with Crippen molar-refractivity contribution in [2.75, 3.05) is 6.54 Å². The quantitative estimate of drug-likeness (QED) is 0.658. The number of hydrogen-bond acceptors (Lipinski definition) is 3. The van der Waals surface area contributed by atoms with Gasteiger partial charge < -0.3 is 5.32 Å². The fourth-order valence-electron chi connectivity index (χ4n) is 1.86. The number of non-ortho nitro benzene ring substituents is 1. The van der Waals surface area contributed by atoms with Crippen LogP contribution in [0.25, 0.3) is 0 Å². The summed E-state index contributed by atoms with van der Waals surface area (Å²) in [6.07, 6.45) is 2.07. The standard InChI is InChI=1S/C10H11ClN2O2.ClH/c11-9-4-3-7(13(14)15)6-8(9)10-2-1-5-12-10;/h3-4,6,10,12H,1-2,5H2;1H/t10-;/m0./s1. The topological polar surface area (TPSA) is 55.2 Å². The van der Waals surface area contributed by atoms with Gasteiger partial charge in [-0.15, -0.1) is 12.4 Å². The van der Waals surface area contributed by atoms with E-state index in [1.54, 1.807) is 12.1 Å². The number of halogens is 2. The van der Waals surface area contributed by atoms with Crippen molar-refractivity contribution in [3.63, 3.8) is 0 Å². The number of nitrogens with one attached hydrogen (secondary N) is 1. The molecule has 1 aliphatic rings. The Labute approximate surface area is 105 Å². The minimum atomic E-state index is -0.394. The fraction of sp³-hybridized carbons (Fsp3) is 0.400. The Bertz CT molecular complexity index is 392. The van der Waals surface area contributed by atoms with Gasteiger partial charge in [-0.3, -0.25) is 10.1 Å². The number of rotatable bonds is 2. The molecule has 0 aliphatic carbocycles. The zero-order chi connectivity index (χ0) is 10.8. The molecule has 1 saturated heterocycles. The molecule has 0 bridgehead atoms. The molecule has 0 spiro atoms. The van der Waals surface area contributed by atoms with Crippen LogP contribution in [-0.4, -0.2) is 11.5 Å². The molecule has 1 fully saturated rings. The Morgan fingerprint density at radius 1 is 1.50 bits per heavy atom. The lowest BCUT2D eigenvalue weighted by molar-refractivity contribution is -0.384. The van der Waals surface area contributed by atoms with Gasteiger partial charge in [0, 0.05) is 23.2 Å². The van der Waals surface area contributed by atoms with E-state index in [9.17, 15) is 10.1 Å². The summed E-state index contributed by atoms with van der Waals surface area (Å²) in [5.74, 6) is 0. The van der Waals surface area contributed by atoms with Gasteiger partial charge in [-0.2, -0.15) is 0 Å². The first-order valence-electron chi connectivity index (χ1n) is 4.85. The highest BCUT2D eigenvalue weighted by atomic mass is 35.5. The van der Waals surface area contributed by atoms with Crippen LogP contribution in [0.3, 0.4) is 0 Å². The van der Waals surface area contributed by atoms with Crippen LogP contribution in [-0.2, 0) is 0 Å². The zero-order valence-electron chi connectivity index (χ0n) is 8.48. The van der Waals surface area contributed by atoms with Gasteiger partial charge in [-0.25, -0.2) is 0 Å². The van der Waals surface area contributed by atoms with Gasteiger partial charge in [0.2, 0.25) is 0 Å². The molecule has 0 radical (unpaired) electrons. The van der Waals surface area contributed by atoms with Crippen molar-refractivity contribution in [3.8, 4) is 0 Å². The molecule has 1 aromatic carbocycles. The monoisotopic (exact) mass is 262 g/mol.